The van der Waals surface area contributed by atoms with Crippen molar-refractivity contribution in [2.75, 3.05) is 12.4 Å². The van der Waals surface area contributed by atoms with Gasteiger partial charge in [-0.15, -0.1) is 0 Å². The van der Waals surface area contributed by atoms with E-state index in [1.165, 1.54) is 6.33 Å². The van der Waals surface area contributed by atoms with Gasteiger partial charge in [0.15, 0.2) is 0 Å². The summed E-state index contributed by atoms with van der Waals surface area (Å²) in [5.74, 6) is 1.30. The van der Waals surface area contributed by atoms with Gasteiger partial charge in [-0.05, 0) is 26.8 Å². The zero-order valence-corrected chi connectivity index (χ0v) is 11.7. The predicted molar refractivity (Wildman–Crippen MR) is 73.4 cm³/mol. The second-order valence-electron chi connectivity index (χ2n) is 4.60. The van der Waals surface area contributed by atoms with Gasteiger partial charge in [0.1, 0.15) is 12.1 Å². The van der Waals surface area contributed by atoms with Crippen molar-refractivity contribution in [3.8, 4) is 5.88 Å². The second-order valence-corrected chi connectivity index (χ2v) is 4.60. The number of ether oxygens (including phenoxy) is 1. The van der Waals surface area contributed by atoms with E-state index >= 15 is 0 Å². The first-order chi connectivity index (χ1) is 9.08. The molecule has 0 aromatic carbocycles. The van der Waals surface area contributed by atoms with Crippen LogP contribution in [0.1, 0.15) is 18.3 Å². The van der Waals surface area contributed by atoms with E-state index in [1.807, 2.05) is 11.6 Å². The Balaban J connectivity index is 2.00. The molecule has 2 aromatic heterocycles. The van der Waals surface area contributed by atoms with Gasteiger partial charge in [0.2, 0.25) is 5.88 Å². The van der Waals surface area contributed by atoms with Gasteiger partial charge >= 0.3 is 0 Å². The quantitative estimate of drug-likeness (QED) is 0.889. The molecule has 6 nitrogen and oxygen atoms in total. The second kappa shape index (κ2) is 5.69. The summed E-state index contributed by atoms with van der Waals surface area (Å²) in [5, 5.41) is 7.75. The summed E-state index contributed by atoms with van der Waals surface area (Å²) in [4.78, 5) is 8.14. The molecule has 2 aromatic rings. The molecule has 1 atom stereocenters. The van der Waals surface area contributed by atoms with Crippen LogP contribution < -0.4 is 10.1 Å². The fourth-order valence-electron chi connectivity index (χ4n) is 1.95. The summed E-state index contributed by atoms with van der Waals surface area (Å²) in [7, 11) is 1.59. The molecule has 0 unspecified atom stereocenters. The molecule has 0 amide bonds. The zero-order valence-electron chi connectivity index (χ0n) is 11.7. The third kappa shape index (κ3) is 3.43. The molecule has 0 fully saturated rings. The summed E-state index contributed by atoms with van der Waals surface area (Å²) in [6.45, 7) is 6.92. The Morgan fingerprint density at radius 2 is 2.11 bits per heavy atom. The number of hydrogen-bond donors (Lipinski definition) is 1. The van der Waals surface area contributed by atoms with Gasteiger partial charge in [0, 0.05) is 17.8 Å². The van der Waals surface area contributed by atoms with E-state index in [2.05, 4.69) is 40.3 Å². The van der Waals surface area contributed by atoms with E-state index in [-0.39, 0.29) is 6.04 Å². The molecule has 1 N–H and O–H groups in total. The van der Waals surface area contributed by atoms with Gasteiger partial charge in [-0.3, -0.25) is 4.68 Å². The van der Waals surface area contributed by atoms with E-state index in [4.69, 9.17) is 4.74 Å². The lowest BCUT2D eigenvalue weighted by atomic mass is 10.3. The topological polar surface area (TPSA) is 64.9 Å². The van der Waals surface area contributed by atoms with Crippen molar-refractivity contribution < 1.29 is 4.74 Å². The average Bonchev–Trinajstić information content (AvgIpc) is 2.68. The van der Waals surface area contributed by atoms with Gasteiger partial charge in [-0.2, -0.15) is 5.10 Å². The largest absolute Gasteiger partial charge is 0.481 e. The van der Waals surface area contributed by atoms with Crippen LogP contribution in [0.2, 0.25) is 0 Å². The standard InChI is InChI=1S/C13H19N5O/c1-9-5-11(3)18(17-9)7-10(2)16-12-6-13(19-4)15-8-14-12/h5-6,8,10H,7H2,1-4H3,(H,14,15,16)/t10-/m0/s1. The molecule has 0 bridgehead atoms. The van der Waals surface area contributed by atoms with Crippen molar-refractivity contribution in [3.05, 3.63) is 29.8 Å². The predicted octanol–water partition coefficient (Wildman–Crippen LogP) is 1.80. The summed E-state index contributed by atoms with van der Waals surface area (Å²) in [6, 6.07) is 4.05. The first-order valence-corrected chi connectivity index (χ1v) is 6.22. The minimum absolute atomic E-state index is 0.206. The lowest BCUT2D eigenvalue weighted by molar-refractivity contribution is 0.397. The van der Waals surface area contributed by atoms with Crippen LogP contribution in [0.15, 0.2) is 18.5 Å². The SMILES string of the molecule is COc1cc(N[C@@H](C)Cn2nc(C)cc2C)ncn1. The fraction of sp³-hybridized carbons (Fsp3) is 0.462. The number of nitrogens with zero attached hydrogens (tertiary/aromatic N) is 4. The van der Waals surface area contributed by atoms with Crippen molar-refractivity contribution in [1.82, 2.24) is 19.7 Å². The van der Waals surface area contributed by atoms with Gasteiger partial charge in [0.25, 0.3) is 0 Å². The molecule has 0 spiro atoms. The van der Waals surface area contributed by atoms with Crippen LogP contribution in [0.25, 0.3) is 0 Å². The minimum Gasteiger partial charge on any atom is -0.481 e. The van der Waals surface area contributed by atoms with E-state index in [0.717, 1.165) is 23.8 Å². The highest BCUT2D eigenvalue weighted by Gasteiger charge is 2.08. The van der Waals surface area contributed by atoms with Crippen molar-refractivity contribution in [2.45, 2.75) is 33.4 Å². The third-order valence-electron chi connectivity index (χ3n) is 2.80. The molecule has 6 heteroatoms. The number of methoxy groups -OCH3 is 1. The van der Waals surface area contributed by atoms with Crippen LogP contribution in [0.3, 0.4) is 0 Å². The Kier molecular flexibility index (Phi) is 3.99. The van der Waals surface area contributed by atoms with Crippen LogP contribution >= 0.6 is 0 Å². The Morgan fingerprint density at radius 1 is 1.32 bits per heavy atom. The van der Waals surface area contributed by atoms with E-state index in [9.17, 15) is 0 Å². The highest BCUT2D eigenvalue weighted by Crippen LogP contribution is 2.12. The number of rotatable bonds is 5. The lowest BCUT2D eigenvalue weighted by Gasteiger charge is -2.15. The minimum atomic E-state index is 0.206. The Bertz CT molecular complexity index is 552. The van der Waals surface area contributed by atoms with Crippen LogP contribution in [0.4, 0.5) is 5.82 Å². The maximum absolute atomic E-state index is 5.07. The molecular formula is C13H19N5O. The monoisotopic (exact) mass is 261 g/mol. The Morgan fingerprint density at radius 3 is 2.74 bits per heavy atom. The molecule has 102 valence electrons. The molecule has 19 heavy (non-hydrogen) atoms. The van der Waals surface area contributed by atoms with Gasteiger partial charge in [0.05, 0.1) is 19.3 Å². The molecule has 0 saturated carbocycles. The lowest BCUT2D eigenvalue weighted by Crippen LogP contribution is -2.23. The Hall–Kier alpha value is -2.11. The summed E-state index contributed by atoms with van der Waals surface area (Å²) >= 11 is 0. The van der Waals surface area contributed by atoms with Crippen LogP contribution in [0, 0.1) is 13.8 Å². The molecule has 0 saturated heterocycles. The molecule has 0 aliphatic heterocycles. The number of anilines is 1. The van der Waals surface area contributed by atoms with Gasteiger partial charge in [-0.25, -0.2) is 9.97 Å². The zero-order chi connectivity index (χ0) is 13.8. The van der Waals surface area contributed by atoms with E-state index in [1.54, 1.807) is 13.2 Å². The highest BCUT2D eigenvalue weighted by molar-refractivity contribution is 5.37. The molecule has 2 rings (SSSR count). The van der Waals surface area contributed by atoms with Crippen molar-refractivity contribution in [2.24, 2.45) is 0 Å². The fourth-order valence-corrected chi connectivity index (χ4v) is 1.95. The van der Waals surface area contributed by atoms with Crippen LogP contribution in [-0.4, -0.2) is 32.9 Å². The van der Waals surface area contributed by atoms with Crippen molar-refractivity contribution in [1.29, 1.82) is 0 Å². The summed E-state index contributed by atoms with van der Waals surface area (Å²) < 4.78 is 7.06. The maximum atomic E-state index is 5.07. The van der Waals surface area contributed by atoms with Crippen molar-refractivity contribution >= 4 is 5.82 Å². The number of nitrogens with one attached hydrogen (secondary N) is 1. The summed E-state index contributed by atoms with van der Waals surface area (Å²) in [6.07, 6.45) is 1.48. The van der Waals surface area contributed by atoms with Crippen molar-refractivity contribution in [3.63, 3.8) is 0 Å². The normalized spacial score (nSPS) is 12.2. The molecule has 0 aliphatic carbocycles. The smallest absolute Gasteiger partial charge is 0.218 e. The third-order valence-corrected chi connectivity index (χ3v) is 2.80. The highest BCUT2D eigenvalue weighted by atomic mass is 16.5. The van der Waals surface area contributed by atoms with Gasteiger partial charge < -0.3 is 10.1 Å². The van der Waals surface area contributed by atoms with E-state index in [0.29, 0.717) is 5.88 Å². The average molecular weight is 261 g/mol. The first kappa shape index (κ1) is 13.3. The molecule has 2 heterocycles. The van der Waals surface area contributed by atoms with E-state index < -0.39 is 0 Å². The first-order valence-electron chi connectivity index (χ1n) is 6.22. The number of hydrogen-bond acceptors (Lipinski definition) is 5. The summed E-state index contributed by atoms with van der Waals surface area (Å²) in [5.41, 5.74) is 2.19. The maximum Gasteiger partial charge on any atom is 0.218 e. The Labute approximate surface area is 112 Å². The molecule has 0 radical (unpaired) electrons. The number of aromatic nitrogens is 4. The molecule has 0 aliphatic rings. The van der Waals surface area contributed by atoms with Crippen LogP contribution in [0.5, 0.6) is 5.88 Å². The van der Waals surface area contributed by atoms with Gasteiger partial charge in [-0.1, -0.05) is 0 Å². The molecular weight excluding hydrogens is 242 g/mol. The number of aryl methyl sites for hydroxylation is 2. The van der Waals surface area contributed by atoms with Crippen LogP contribution in [-0.2, 0) is 6.54 Å².